The van der Waals surface area contributed by atoms with Crippen LogP contribution in [0.25, 0.3) is 0 Å². The molecule has 8 heteroatoms. The number of para-hydroxylation sites is 1. The van der Waals surface area contributed by atoms with Gasteiger partial charge in [-0.05, 0) is 36.9 Å². The molecule has 0 atom stereocenters. The van der Waals surface area contributed by atoms with Crippen LogP contribution in [0.2, 0.25) is 0 Å². The van der Waals surface area contributed by atoms with Crippen molar-refractivity contribution in [2.45, 2.75) is 25.5 Å². The third kappa shape index (κ3) is 6.71. The highest BCUT2D eigenvalue weighted by Crippen LogP contribution is 2.19. The first-order chi connectivity index (χ1) is 15.2. The molecule has 0 aliphatic carbocycles. The van der Waals surface area contributed by atoms with Crippen LogP contribution in [0.5, 0.6) is 5.75 Å². The number of halogens is 1. The summed E-state index contributed by atoms with van der Waals surface area (Å²) < 4.78 is 6.12. The molecule has 0 bridgehead atoms. The lowest BCUT2D eigenvalue weighted by Gasteiger charge is -2.34. The standard InChI is InChI=1S/C24H34N6O.HI/c1-25-24(30-12-9-22(10-13-30)31-21-6-4-3-5-7-21)27-19-20-8-11-26-23(18-20)29-16-14-28(2)15-17-29;/h3-8,11,18,22H,9-10,12-17,19H2,1-2H3,(H,25,27);1H. The van der Waals surface area contributed by atoms with Gasteiger partial charge in [0, 0.05) is 71.9 Å². The maximum absolute atomic E-state index is 6.12. The van der Waals surface area contributed by atoms with E-state index in [9.17, 15) is 0 Å². The van der Waals surface area contributed by atoms with E-state index in [1.54, 1.807) is 0 Å². The van der Waals surface area contributed by atoms with Gasteiger partial charge < -0.3 is 24.8 Å². The first-order valence-corrected chi connectivity index (χ1v) is 11.3. The second kappa shape index (κ2) is 12.2. The number of likely N-dealkylation sites (N-methyl/N-ethyl adjacent to an activating group) is 1. The van der Waals surface area contributed by atoms with Crippen molar-refractivity contribution in [3.8, 4) is 5.75 Å². The Labute approximate surface area is 208 Å². The van der Waals surface area contributed by atoms with Crippen LogP contribution in [0.4, 0.5) is 5.82 Å². The molecule has 2 saturated heterocycles. The summed E-state index contributed by atoms with van der Waals surface area (Å²) in [7, 11) is 4.03. The number of hydrogen-bond donors (Lipinski definition) is 1. The lowest BCUT2D eigenvalue weighted by molar-refractivity contribution is 0.129. The highest BCUT2D eigenvalue weighted by atomic mass is 127. The van der Waals surface area contributed by atoms with E-state index in [1.165, 1.54) is 5.56 Å². The number of nitrogens with one attached hydrogen (secondary N) is 1. The van der Waals surface area contributed by atoms with E-state index in [0.29, 0.717) is 0 Å². The number of aromatic nitrogens is 1. The van der Waals surface area contributed by atoms with Crippen molar-refractivity contribution in [1.29, 1.82) is 0 Å². The summed E-state index contributed by atoms with van der Waals surface area (Å²) in [6.45, 7) is 6.86. The summed E-state index contributed by atoms with van der Waals surface area (Å²) in [6, 6.07) is 14.4. The van der Waals surface area contributed by atoms with Crippen LogP contribution in [0.15, 0.2) is 53.7 Å². The minimum Gasteiger partial charge on any atom is -0.490 e. The number of ether oxygens (including phenoxy) is 1. The van der Waals surface area contributed by atoms with Crippen molar-refractivity contribution in [3.05, 3.63) is 54.2 Å². The van der Waals surface area contributed by atoms with E-state index in [-0.39, 0.29) is 30.1 Å². The van der Waals surface area contributed by atoms with Gasteiger partial charge in [0.15, 0.2) is 5.96 Å². The zero-order chi connectivity index (χ0) is 21.5. The van der Waals surface area contributed by atoms with Gasteiger partial charge in [-0.2, -0.15) is 0 Å². The molecule has 2 fully saturated rings. The maximum atomic E-state index is 6.12. The molecule has 2 aromatic rings. The number of piperidine rings is 1. The molecule has 0 radical (unpaired) electrons. The van der Waals surface area contributed by atoms with Gasteiger partial charge in [-0.25, -0.2) is 4.98 Å². The average Bonchev–Trinajstić information content (AvgIpc) is 2.82. The zero-order valence-electron chi connectivity index (χ0n) is 19.1. The van der Waals surface area contributed by atoms with Gasteiger partial charge in [-0.3, -0.25) is 4.99 Å². The van der Waals surface area contributed by atoms with E-state index < -0.39 is 0 Å². The van der Waals surface area contributed by atoms with Gasteiger partial charge >= 0.3 is 0 Å². The molecule has 174 valence electrons. The van der Waals surface area contributed by atoms with Crippen LogP contribution < -0.4 is 15.0 Å². The summed E-state index contributed by atoms with van der Waals surface area (Å²) in [6.07, 6.45) is 4.18. The number of hydrogen-bond acceptors (Lipinski definition) is 5. The second-order valence-corrected chi connectivity index (χ2v) is 8.33. The Morgan fingerprint density at radius 2 is 1.78 bits per heavy atom. The van der Waals surface area contributed by atoms with Crippen LogP contribution in [-0.2, 0) is 6.54 Å². The number of benzene rings is 1. The molecule has 0 unspecified atom stereocenters. The Hall–Kier alpha value is -2.07. The Bertz CT molecular complexity index is 849. The monoisotopic (exact) mass is 550 g/mol. The molecular weight excluding hydrogens is 515 g/mol. The fourth-order valence-electron chi connectivity index (χ4n) is 4.17. The van der Waals surface area contributed by atoms with Crippen molar-refractivity contribution in [2.75, 3.05) is 58.3 Å². The Morgan fingerprint density at radius 1 is 1.06 bits per heavy atom. The fraction of sp³-hybridized carbons (Fsp3) is 0.500. The maximum Gasteiger partial charge on any atom is 0.193 e. The molecule has 0 spiro atoms. The summed E-state index contributed by atoms with van der Waals surface area (Å²) in [5.41, 5.74) is 1.23. The number of pyridine rings is 1. The lowest BCUT2D eigenvalue weighted by atomic mass is 10.1. The van der Waals surface area contributed by atoms with Crippen LogP contribution in [0, 0.1) is 0 Å². The number of piperazine rings is 1. The highest BCUT2D eigenvalue weighted by Gasteiger charge is 2.23. The van der Waals surface area contributed by atoms with E-state index >= 15 is 0 Å². The van der Waals surface area contributed by atoms with Crippen LogP contribution in [0.3, 0.4) is 0 Å². The topological polar surface area (TPSA) is 56.2 Å². The van der Waals surface area contributed by atoms with Crippen molar-refractivity contribution >= 4 is 35.8 Å². The van der Waals surface area contributed by atoms with E-state index in [4.69, 9.17) is 4.74 Å². The molecule has 1 N–H and O–H groups in total. The van der Waals surface area contributed by atoms with Crippen molar-refractivity contribution < 1.29 is 4.74 Å². The number of guanidine groups is 1. The molecule has 2 aliphatic heterocycles. The van der Waals surface area contributed by atoms with E-state index in [2.05, 4.69) is 49.2 Å². The fourth-order valence-corrected chi connectivity index (χ4v) is 4.17. The summed E-state index contributed by atoms with van der Waals surface area (Å²) in [4.78, 5) is 16.2. The second-order valence-electron chi connectivity index (χ2n) is 8.33. The summed E-state index contributed by atoms with van der Waals surface area (Å²) in [5, 5.41) is 3.54. The first kappa shape index (κ1) is 24.6. The number of aliphatic imine (C=N–C) groups is 1. The Kier molecular flexibility index (Phi) is 9.40. The number of anilines is 1. The summed E-state index contributed by atoms with van der Waals surface area (Å²) in [5.74, 6) is 2.98. The van der Waals surface area contributed by atoms with Crippen LogP contribution in [-0.4, -0.2) is 80.2 Å². The van der Waals surface area contributed by atoms with Gasteiger partial charge in [0.05, 0.1) is 0 Å². The van der Waals surface area contributed by atoms with Gasteiger partial charge in [-0.1, -0.05) is 18.2 Å². The zero-order valence-corrected chi connectivity index (χ0v) is 21.4. The van der Waals surface area contributed by atoms with Gasteiger partial charge in [0.1, 0.15) is 17.7 Å². The minimum atomic E-state index is 0. The Morgan fingerprint density at radius 3 is 2.47 bits per heavy atom. The molecule has 3 heterocycles. The molecular formula is C24H35IN6O. The number of rotatable bonds is 5. The highest BCUT2D eigenvalue weighted by molar-refractivity contribution is 14.0. The largest absolute Gasteiger partial charge is 0.490 e. The molecule has 1 aromatic carbocycles. The average molecular weight is 550 g/mol. The number of nitrogens with zero attached hydrogens (tertiary/aromatic N) is 5. The predicted molar refractivity (Wildman–Crippen MR) is 141 cm³/mol. The summed E-state index contributed by atoms with van der Waals surface area (Å²) >= 11 is 0. The molecule has 0 amide bonds. The molecule has 2 aliphatic rings. The predicted octanol–water partition coefficient (Wildman–Crippen LogP) is 3.07. The SMILES string of the molecule is CN=C(NCc1ccnc(N2CCN(C)CC2)c1)N1CCC(Oc2ccccc2)CC1.I. The lowest BCUT2D eigenvalue weighted by Crippen LogP contribution is -2.47. The van der Waals surface area contributed by atoms with E-state index in [0.717, 1.165) is 76.2 Å². The van der Waals surface area contributed by atoms with Crippen LogP contribution in [0.1, 0.15) is 18.4 Å². The molecule has 32 heavy (non-hydrogen) atoms. The van der Waals surface area contributed by atoms with Gasteiger partial charge in [0.2, 0.25) is 0 Å². The van der Waals surface area contributed by atoms with Crippen molar-refractivity contribution in [1.82, 2.24) is 20.1 Å². The van der Waals surface area contributed by atoms with Crippen molar-refractivity contribution in [2.24, 2.45) is 4.99 Å². The molecule has 0 saturated carbocycles. The molecule has 7 nitrogen and oxygen atoms in total. The molecule has 4 rings (SSSR count). The minimum absolute atomic E-state index is 0. The molecule has 1 aromatic heterocycles. The normalized spacial score (nSPS) is 18.2. The number of likely N-dealkylation sites (tertiary alicyclic amines) is 1. The Balaban J connectivity index is 0.00000289. The third-order valence-electron chi connectivity index (χ3n) is 6.09. The smallest absolute Gasteiger partial charge is 0.193 e. The quantitative estimate of drug-likeness (QED) is 0.351. The van der Waals surface area contributed by atoms with Gasteiger partial charge in [-0.15, -0.1) is 24.0 Å². The van der Waals surface area contributed by atoms with E-state index in [1.807, 2.05) is 43.6 Å². The third-order valence-corrected chi connectivity index (χ3v) is 6.09. The first-order valence-electron chi connectivity index (χ1n) is 11.3. The van der Waals surface area contributed by atoms with Crippen LogP contribution >= 0.6 is 24.0 Å². The van der Waals surface area contributed by atoms with Gasteiger partial charge in [0.25, 0.3) is 0 Å². The van der Waals surface area contributed by atoms with Crippen molar-refractivity contribution in [3.63, 3.8) is 0 Å².